The third-order valence-corrected chi connectivity index (χ3v) is 5.80. The second-order valence-electron chi connectivity index (χ2n) is 8.42. The lowest BCUT2D eigenvalue weighted by Gasteiger charge is -2.18. The molecule has 1 heterocycles. The highest BCUT2D eigenvalue weighted by Gasteiger charge is 2.38. The van der Waals surface area contributed by atoms with Crippen LogP contribution >= 0.6 is 0 Å². The van der Waals surface area contributed by atoms with E-state index in [2.05, 4.69) is 10.6 Å². The van der Waals surface area contributed by atoms with E-state index in [1.165, 1.54) is 29.2 Å². The Morgan fingerprint density at radius 3 is 2.33 bits per heavy atom. The number of alkyl halides is 3. The lowest BCUT2D eigenvalue weighted by atomic mass is 10.1. The lowest BCUT2D eigenvalue weighted by Crippen LogP contribution is -2.28. The summed E-state index contributed by atoms with van der Waals surface area (Å²) in [4.78, 5) is 38.9. The SMILES string of the molecule is Cc1ccc(N2CC(C(=O)Nc3ccc(NC(=O)c4ccccc4F)cc3C(F)(F)F)CC2=O)cc1. The van der Waals surface area contributed by atoms with Gasteiger partial charge in [0.25, 0.3) is 5.91 Å². The van der Waals surface area contributed by atoms with E-state index >= 15 is 0 Å². The second-order valence-corrected chi connectivity index (χ2v) is 8.42. The van der Waals surface area contributed by atoms with Crippen molar-refractivity contribution in [3.8, 4) is 0 Å². The molecular weight excluding hydrogens is 478 g/mol. The van der Waals surface area contributed by atoms with Crippen LogP contribution in [-0.4, -0.2) is 24.3 Å². The molecule has 1 aliphatic heterocycles. The highest BCUT2D eigenvalue weighted by atomic mass is 19.4. The maximum Gasteiger partial charge on any atom is 0.418 e. The van der Waals surface area contributed by atoms with Gasteiger partial charge in [-0.2, -0.15) is 13.2 Å². The summed E-state index contributed by atoms with van der Waals surface area (Å²) in [5.74, 6) is -3.62. The van der Waals surface area contributed by atoms with Gasteiger partial charge in [-0.25, -0.2) is 4.39 Å². The quantitative estimate of drug-likeness (QED) is 0.462. The second kappa shape index (κ2) is 9.80. The van der Waals surface area contributed by atoms with Crippen molar-refractivity contribution in [1.82, 2.24) is 0 Å². The van der Waals surface area contributed by atoms with Crippen LogP contribution < -0.4 is 15.5 Å². The first-order valence-corrected chi connectivity index (χ1v) is 11.0. The normalized spacial score (nSPS) is 15.6. The zero-order chi connectivity index (χ0) is 26.0. The number of benzene rings is 3. The molecule has 1 saturated heterocycles. The van der Waals surface area contributed by atoms with Crippen molar-refractivity contribution in [2.24, 2.45) is 5.92 Å². The molecule has 1 fully saturated rings. The number of nitrogens with one attached hydrogen (secondary N) is 2. The molecule has 0 radical (unpaired) electrons. The number of hydrogen-bond donors (Lipinski definition) is 2. The van der Waals surface area contributed by atoms with Crippen LogP contribution in [0.25, 0.3) is 0 Å². The van der Waals surface area contributed by atoms with Gasteiger partial charge < -0.3 is 15.5 Å². The number of rotatable bonds is 5. The van der Waals surface area contributed by atoms with Crippen LogP contribution in [0.3, 0.4) is 0 Å². The van der Waals surface area contributed by atoms with E-state index in [0.717, 1.165) is 17.7 Å². The zero-order valence-corrected chi connectivity index (χ0v) is 19.0. The fraction of sp³-hybridized carbons (Fsp3) is 0.192. The van der Waals surface area contributed by atoms with Crippen LogP contribution in [0.2, 0.25) is 0 Å². The zero-order valence-electron chi connectivity index (χ0n) is 19.0. The number of carbonyl (C=O) groups is 3. The highest BCUT2D eigenvalue weighted by molar-refractivity contribution is 6.05. The Hall–Kier alpha value is -4.21. The van der Waals surface area contributed by atoms with Gasteiger partial charge in [-0.05, 0) is 49.4 Å². The van der Waals surface area contributed by atoms with Crippen molar-refractivity contribution in [2.75, 3.05) is 22.1 Å². The standard InChI is InChI=1S/C26H21F4N3O3/c1-15-6-9-18(10-7-15)33-14-16(12-23(33)34)24(35)32-22-11-8-17(13-20(22)26(28,29)30)31-25(36)19-4-2-3-5-21(19)27/h2-11,13,16H,12,14H2,1H3,(H,31,36)(H,32,35). The van der Waals surface area contributed by atoms with Crippen LogP contribution in [0.1, 0.15) is 27.9 Å². The first-order valence-electron chi connectivity index (χ1n) is 11.0. The molecule has 10 heteroatoms. The molecule has 2 N–H and O–H groups in total. The van der Waals surface area contributed by atoms with E-state index in [1.807, 2.05) is 19.1 Å². The summed E-state index contributed by atoms with van der Waals surface area (Å²) >= 11 is 0. The molecule has 3 aromatic carbocycles. The van der Waals surface area contributed by atoms with E-state index < -0.39 is 41.0 Å². The van der Waals surface area contributed by atoms with Crippen LogP contribution in [-0.2, 0) is 15.8 Å². The van der Waals surface area contributed by atoms with Gasteiger partial charge in [0.1, 0.15) is 5.82 Å². The predicted octanol–water partition coefficient (Wildman–Crippen LogP) is 5.40. The molecule has 36 heavy (non-hydrogen) atoms. The number of carbonyl (C=O) groups excluding carboxylic acids is 3. The largest absolute Gasteiger partial charge is 0.418 e. The van der Waals surface area contributed by atoms with Crippen molar-refractivity contribution in [3.63, 3.8) is 0 Å². The van der Waals surface area contributed by atoms with Gasteiger partial charge in [0.2, 0.25) is 11.8 Å². The fourth-order valence-electron chi connectivity index (χ4n) is 3.90. The van der Waals surface area contributed by atoms with Gasteiger partial charge in [-0.15, -0.1) is 0 Å². The number of hydrogen-bond acceptors (Lipinski definition) is 3. The third kappa shape index (κ3) is 5.37. The van der Waals surface area contributed by atoms with Crippen molar-refractivity contribution in [2.45, 2.75) is 19.5 Å². The average molecular weight is 499 g/mol. The Bertz CT molecular complexity index is 1320. The van der Waals surface area contributed by atoms with Crippen LogP contribution in [0.5, 0.6) is 0 Å². The first-order chi connectivity index (χ1) is 17.0. The lowest BCUT2D eigenvalue weighted by molar-refractivity contribution is -0.137. The topological polar surface area (TPSA) is 78.5 Å². The molecule has 1 unspecified atom stereocenters. The van der Waals surface area contributed by atoms with Gasteiger partial charge in [-0.1, -0.05) is 29.8 Å². The summed E-state index contributed by atoms with van der Waals surface area (Å²) in [6.45, 7) is 1.92. The van der Waals surface area contributed by atoms with Crippen molar-refractivity contribution < 1.29 is 31.9 Å². The number of aryl methyl sites for hydroxylation is 1. The van der Waals surface area contributed by atoms with E-state index in [1.54, 1.807) is 12.1 Å². The fourth-order valence-corrected chi connectivity index (χ4v) is 3.90. The van der Waals surface area contributed by atoms with E-state index in [-0.39, 0.29) is 30.1 Å². The Kier molecular flexibility index (Phi) is 6.78. The Morgan fingerprint density at radius 1 is 0.972 bits per heavy atom. The minimum atomic E-state index is -4.86. The van der Waals surface area contributed by atoms with Crippen molar-refractivity contribution >= 4 is 34.8 Å². The summed E-state index contributed by atoms with van der Waals surface area (Å²) in [5.41, 5.74) is -0.665. The maximum atomic E-state index is 13.8. The van der Waals surface area contributed by atoms with Crippen molar-refractivity contribution in [1.29, 1.82) is 0 Å². The number of anilines is 3. The van der Waals surface area contributed by atoms with Crippen molar-refractivity contribution in [3.05, 3.63) is 89.2 Å². The Morgan fingerprint density at radius 2 is 1.67 bits per heavy atom. The Labute approximate surface area is 203 Å². The molecular formula is C26H21F4N3O3. The van der Waals surface area contributed by atoms with Gasteiger partial charge in [0.15, 0.2) is 0 Å². The molecule has 1 atom stereocenters. The van der Waals surface area contributed by atoms with E-state index in [4.69, 9.17) is 0 Å². The average Bonchev–Trinajstić information content (AvgIpc) is 3.22. The van der Waals surface area contributed by atoms with Gasteiger partial charge in [-0.3, -0.25) is 14.4 Å². The predicted molar refractivity (Wildman–Crippen MR) is 126 cm³/mol. The molecule has 3 aromatic rings. The van der Waals surface area contributed by atoms with Gasteiger partial charge in [0.05, 0.1) is 22.7 Å². The molecule has 4 rings (SSSR count). The number of halogens is 4. The Balaban J connectivity index is 1.51. The van der Waals surface area contributed by atoms with Gasteiger partial charge in [0, 0.05) is 24.3 Å². The summed E-state index contributed by atoms with van der Waals surface area (Å²) < 4.78 is 55.1. The molecule has 0 bridgehead atoms. The third-order valence-electron chi connectivity index (χ3n) is 5.80. The minimum Gasteiger partial charge on any atom is -0.325 e. The summed E-state index contributed by atoms with van der Waals surface area (Å²) in [6, 6.07) is 15.0. The summed E-state index contributed by atoms with van der Waals surface area (Å²) in [5, 5.41) is 4.51. The van der Waals surface area contributed by atoms with E-state index in [0.29, 0.717) is 11.8 Å². The molecule has 0 aliphatic carbocycles. The molecule has 6 nitrogen and oxygen atoms in total. The van der Waals surface area contributed by atoms with Crippen LogP contribution in [0.15, 0.2) is 66.7 Å². The molecule has 0 spiro atoms. The molecule has 186 valence electrons. The molecule has 3 amide bonds. The maximum absolute atomic E-state index is 13.8. The first kappa shape index (κ1) is 24.9. The van der Waals surface area contributed by atoms with Crippen LogP contribution in [0.4, 0.5) is 34.6 Å². The monoisotopic (exact) mass is 499 g/mol. The summed E-state index contributed by atoms with van der Waals surface area (Å²) in [7, 11) is 0. The van der Waals surface area contributed by atoms with E-state index in [9.17, 15) is 31.9 Å². The molecule has 0 aromatic heterocycles. The van der Waals surface area contributed by atoms with Gasteiger partial charge >= 0.3 is 6.18 Å². The van der Waals surface area contributed by atoms with Crippen LogP contribution in [0, 0.1) is 18.7 Å². The number of amides is 3. The molecule has 0 saturated carbocycles. The highest BCUT2D eigenvalue weighted by Crippen LogP contribution is 2.37. The molecule has 1 aliphatic rings. The number of nitrogens with zero attached hydrogens (tertiary/aromatic N) is 1. The minimum absolute atomic E-state index is 0.0336. The smallest absolute Gasteiger partial charge is 0.325 e. The summed E-state index contributed by atoms with van der Waals surface area (Å²) in [6.07, 6.45) is -5.00.